The van der Waals surface area contributed by atoms with E-state index < -0.39 is 0 Å². The SMILES string of the molecule is CC(C)CCN(C(=O)Cc1cncc2ccccc12)c1ccc(N(C)C)cc1. The molecular formula is C24H29N3O. The number of benzene rings is 2. The van der Waals surface area contributed by atoms with Crippen LogP contribution >= 0.6 is 0 Å². The third-order valence-electron chi connectivity index (χ3n) is 5.00. The van der Waals surface area contributed by atoms with Gasteiger partial charge in [0.15, 0.2) is 0 Å². The second-order valence-electron chi connectivity index (χ2n) is 7.84. The summed E-state index contributed by atoms with van der Waals surface area (Å²) in [5, 5.41) is 2.16. The van der Waals surface area contributed by atoms with Crippen LogP contribution in [0.2, 0.25) is 0 Å². The summed E-state index contributed by atoms with van der Waals surface area (Å²) in [7, 11) is 4.04. The van der Waals surface area contributed by atoms with E-state index in [2.05, 4.69) is 41.9 Å². The molecule has 0 unspecified atom stereocenters. The first-order valence-corrected chi connectivity index (χ1v) is 9.85. The first kappa shape index (κ1) is 19.9. The van der Waals surface area contributed by atoms with Crippen molar-refractivity contribution in [2.24, 2.45) is 5.92 Å². The van der Waals surface area contributed by atoms with Gasteiger partial charge < -0.3 is 9.80 Å². The maximum absolute atomic E-state index is 13.3. The summed E-state index contributed by atoms with van der Waals surface area (Å²) in [5.74, 6) is 0.645. The lowest BCUT2D eigenvalue weighted by Crippen LogP contribution is -2.34. The minimum Gasteiger partial charge on any atom is -0.378 e. The highest BCUT2D eigenvalue weighted by atomic mass is 16.2. The van der Waals surface area contributed by atoms with Gasteiger partial charge in [-0.05, 0) is 47.6 Å². The number of carbonyl (C=O) groups excluding carboxylic acids is 1. The fourth-order valence-corrected chi connectivity index (χ4v) is 3.29. The van der Waals surface area contributed by atoms with Crippen LogP contribution in [0.4, 0.5) is 11.4 Å². The number of aromatic nitrogens is 1. The number of rotatable bonds is 7. The van der Waals surface area contributed by atoms with Gasteiger partial charge in [-0.25, -0.2) is 0 Å². The molecule has 1 aromatic heterocycles. The van der Waals surface area contributed by atoms with Crippen LogP contribution in [0.25, 0.3) is 10.8 Å². The Bertz CT molecular complexity index is 927. The second-order valence-corrected chi connectivity index (χ2v) is 7.84. The first-order valence-electron chi connectivity index (χ1n) is 9.85. The van der Waals surface area contributed by atoms with Crippen LogP contribution in [0.15, 0.2) is 60.9 Å². The lowest BCUT2D eigenvalue weighted by molar-refractivity contribution is -0.118. The van der Waals surface area contributed by atoms with Gasteiger partial charge in [0.1, 0.15) is 0 Å². The summed E-state index contributed by atoms with van der Waals surface area (Å²) in [6, 6.07) is 16.3. The van der Waals surface area contributed by atoms with Gasteiger partial charge in [-0.15, -0.1) is 0 Å². The van der Waals surface area contributed by atoms with Crippen molar-refractivity contribution in [2.45, 2.75) is 26.7 Å². The zero-order valence-corrected chi connectivity index (χ0v) is 17.2. The Morgan fingerprint density at radius 3 is 2.32 bits per heavy atom. The molecule has 0 fully saturated rings. The van der Waals surface area contributed by atoms with Crippen molar-refractivity contribution < 1.29 is 4.79 Å². The van der Waals surface area contributed by atoms with Crippen LogP contribution in [0.1, 0.15) is 25.8 Å². The molecule has 0 aliphatic heterocycles. The van der Waals surface area contributed by atoms with E-state index in [0.717, 1.165) is 40.7 Å². The Morgan fingerprint density at radius 2 is 1.64 bits per heavy atom. The van der Waals surface area contributed by atoms with E-state index in [4.69, 9.17) is 0 Å². The molecule has 3 rings (SSSR count). The molecular weight excluding hydrogens is 346 g/mol. The van der Waals surface area contributed by atoms with Gasteiger partial charge in [0, 0.05) is 49.8 Å². The van der Waals surface area contributed by atoms with Crippen molar-refractivity contribution in [3.8, 4) is 0 Å². The lowest BCUT2D eigenvalue weighted by atomic mass is 10.0. The Balaban J connectivity index is 1.87. The highest BCUT2D eigenvalue weighted by molar-refractivity contribution is 5.97. The van der Waals surface area contributed by atoms with Crippen molar-refractivity contribution in [3.05, 3.63) is 66.5 Å². The fourth-order valence-electron chi connectivity index (χ4n) is 3.29. The standard InChI is InChI=1S/C24H29N3O/c1-18(2)13-14-27(22-11-9-21(10-12-22)26(3)4)24(28)15-20-17-25-16-19-7-5-6-8-23(19)20/h5-12,16-18H,13-15H2,1-4H3. The maximum atomic E-state index is 13.3. The normalized spacial score (nSPS) is 11.0. The Labute approximate surface area is 167 Å². The molecule has 28 heavy (non-hydrogen) atoms. The largest absolute Gasteiger partial charge is 0.378 e. The lowest BCUT2D eigenvalue weighted by Gasteiger charge is -2.25. The number of hydrogen-bond donors (Lipinski definition) is 0. The average molecular weight is 376 g/mol. The molecule has 0 saturated heterocycles. The number of pyridine rings is 1. The monoisotopic (exact) mass is 375 g/mol. The maximum Gasteiger partial charge on any atom is 0.231 e. The summed E-state index contributed by atoms with van der Waals surface area (Å²) < 4.78 is 0. The Hall–Kier alpha value is -2.88. The van der Waals surface area contributed by atoms with Crippen LogP contribution in [-0.4, -0.2) is 31.5 Å². The molecule has 1 heterocycles. The second kappa shape index (κ2) is 8.87. The number of hydrogen-bond acceptors (Lipinski definition) is 3. The van der Waals surface area contributed by atoms with Crippen molar-refractivity contribution in [3.63, 3.8) is 0 Å². The number of carbonyl (C=O) groups is 1. The molecule has 4 heteroatoms. The quantitative estimate of drug-likeness (QED) is 0.588. The van der Waals surface area contributed by atoms with Gasteiger partial charge in [0.05, 0.1) is 6.42 Å². The Kier molecular flexibility index (Phi) is 6.30. The first-order chi connectivity index (χ1) is 13.5. The molecule has 0 saturated carbocycles. The molecule has 0 atom stereocenters. The minimum atomic E-state index is 0.108. The van der Waals surface area contributed by atoms with E-state index in [9.17, 15) is 4.79 Å². The van der Waals surface area contributed by atoms with Gasteiger partial charge in [-0.1, -0.05) is 38.1 Å². The van der Waals surface area contributed by atoms with Gasteiger partial charge >= 0.3 is 0 Å². The summed E-state index contributed by atoms with van der Waals surface area (Å²) in [4.78, 5) is 21.6. The number of nitrogens with zero attached hydrogens (tertiary/aromatic N) is 3. The molecule has 1 amide bonds. The summed E-state index contributed by atoms with van der Waals surface area (Å²) in [6.07, 6.45) is 4.98. The zero-order valence-electron chi connectivity index (χ0n) is 17.2. The van der Waals surface area contributed by atoms with E-state index in [-0.39, 0.29) is 5.91 Å². The van der Waals surface area contributed by atoms with Crippen molar-refractivity contribution in [1.82, 2.24) is 4.98 Å². The molecule has 0 aliphatic carbocycles. The predicted molar refractivity (Wildman–Crippen MR) is 118 cm³/mol. The summed E-state index contributed by atoms with van der Waals surface area (Å²) >= 11 is 0. The molecule has 0 radical (unpaired) electrons. The fraction of sp³-hybridized carbons (Fsp3) is 0.333. The third kappa shape index (κ3) is 4.69. The van der Waals surface area contributed by atoms with E-state index >= 15 is 0 Å². The van der Waals surface area contributed by atoms with Crippen LogP contribution < -0.4 is 9.80 Å². The smallest absolute Gasteiger partial charge is 0.231 e. The van der Waals surface area contributed by atoms with Gasteiger partial charge in [0.2, 0.25) is 5.91 Å². The van der Waals surface area contributed by atoms with Crippen LogP contribution in [0.5, 0.6) is 0 Å². The van der Waals surface area contributed by atoms with E-state index in [1.54, 1.807) is 0 Å². The molecule has 2 aromatic carbocycles. The number of amides is 1. The summed E-state index contributed by atoms with van der Waals surface area (Å²) in [5.41, 5.74) is 3.05. The Morgan fingerprint density at radius 1 is 0.964 bits per heavy atom. The molecule has 0 aliphatic rings. The topological polar surface area (TPSA) is 36.4 Å². The average Bonchev–Trinajstić information content (AvgIpc) is 2.68. The predicted octanol–water partition coefficient (Wildman–Crippen LogP) is 4.92. The van der Waals surface area contributed by atoms with E-state index in [1.165, 1.54) is 0 Å². The zero-order chi connectivity index (χ0) is 20.1. The molecule has 4 nitrogen and oxygen atoms in total. The number of anilines is 2. The van der Waals surface area contributed by atoms with Gasteiger partial charge in [0.25, 0.3) is 0 Å². The van der Waals surface area contributed by atoms with Crippen LogP contribution in [-0.2, 0) is 11.2 Å². The van der Waals surface area contributed by atoms with Gasteiger partial charge in [-0.3, -0.25) is 9.78 Å². The molecule has 0 N–H and O–H groups in total. The molecule has 0 spiro atoms. The van der Waals surface area contributed by atoms with E-state index in [1.807, 2.05) is 61.7 Å². The molecule has 3 aromatic rings. The minimum absolute atomic E-state index is 0.108. The van der Waals surface area contributed by atoms with Crippen LogP contribution in [0, 0.1) is 5.92 Å². The molecule has 146 valence electrons. The van der Waals surface area contributed by atoms with Crippen molar-refractivity contribution >= 4 is 28.1 Å². The highest BCUT2D eigenvalue weighted by Crippen LogP contribution is 2.23. The molecule has 0 bridgehead atoms. The third-order valence-corrected chi connectivity index (χ3v) is 5.00. The highest BCUT2D eigenvalue weighted by Gasteiger charge is 2.18. The van der Waals surface area contributed by atoms with E-state index in [0.29, 0.717) is 12.3 Å². The van der Waals surface area contributed by atoms with Gasteiger partial charge in [-0.2, -0.15) is 0 Å². The number of fused-ring (bicyclic) bond motifs is 1. The summed E-state index contributed by atoms with van der Waals surface area (Å²) in [6.45, 7) is 5.09. The van der Waals surface area contributed by atoms with Crippen molar-refractivity contribution in [1.29, 1.82) is 0 Å². The van der Waals surface area contributed by atoms with Crippen molar-refractivity contribution in [2.75, 3.05) is 30.4 Å². The van der Waals surface area contributed by atoms with Crippen LogP contribution in [0.3, 0.4) is 0 Å².